The van der Waals surface area contributed by atoms with Crippen LogP contribution in [0, 0.1) is 0 Å². The van der Waals surface area contributed by atoms with Crippen LogP contribution in [-0.2, 0) is 19.5 Å². The second-order valence-electron chi connectivity index (χ2n) is 6.84. The number of nitrogens with zero attached hydrogens (tertiary/aromatic N) is 4. The Morgan fingerprint density at radius 3 is 2.78 bits per heavy atom. The lowest BCUT2D eigenvalue weighted by Gasteiger charge is -2.34. The Hall–Kier alpha value is -1.61. The van der Waals surface area contributed by atoms with Crippen LogP contribution in [-0.4, -0.2) is 53.4 Å². The third-order valence-corrected chi connectivity index (χ3v) is 4.99. The summed E-state index contributed by atoms with van der Waals surface area (Å²) in [6.45, 7) is 7.13. The zero-order valence-electron chi connectivity index (χ0n) is 16.3. The van der Waals surface area contributed by atoms with E-state index < -0.39 is 0 Å². The Kier molecular flexibility index (Phi) is 9.06. The van der Waals surface area contributed by atoms with Crippen LogP contribution in [0.1, 0.15) is 24.5 Å². The molecule has 0 spiro atoms. The lowest BCUT2D eigenvalue weighted by molar-refractivity contribution is 0.191. The molecule has 2 aromatic rings. The molecular formula is C20H31IN6. The van der Waals surface area contributed by atoms with E-state index in [0.717, 1.165) is 51.5 Å². The molecular weight excluding hydrogens is 451 g/mol. The van der Waals surface area contributed by atoms with Crippen molar-refractivity contribution >= 4 is 29.9 Å². The highest BCUT2D eigenvalue weighted by Gasteiger charge is 2.20. The van der Waals surface area contributed by atoms with Gasteiger partial charge in [-0.2, -0.15) is 5.10 Å². The monoisotopic (exact) mass is 482 g/mol. The molecule has 0 bridgehead atoms. The maximum atomic E-state index is 4.33. The summed E-state index contributed by atoms with van der Waals surface area (Å²) in [4.78, 5) is 6.87. The number of fused-ring (bicyclic) bond motifs is 1. The summed E-state index contributed by atoms with van der Waals surface area (Å²) in [5, 5.41) is 11.1. The van der Waals surface area contributed by atoms with E-state index in [9.17, 15) is 0 Å². The van der Waals surface area contributed by atoms with Gasteiger partial charge in [0.2, 0.25) is 0 Å². The van der Waals surface area contributed by atoms with E-state index >= 15 is 0 Å². The van der Waals surface area contributed by atoms with Gasteiger partial charge >= 0.3 is 0 Å². The molecule has 0 saturated heterocycles. The van der Waals surface area contributed by atoms with Gasteiger partial charge in [-0.05, 0) is 37.0 Å². The molecule has 1 unspecified atom stereocenters. The predicted molar refractivity (Wildman–Crippen MR) is 122 cm³/mol. The number of nitrogens with one attached hydrogen (secondary N) is 2. The van der Waals surface area contributed by atoms with Gasteiger partial charge in [0, 0.05) is 58.2 Å². The summed E-state index contributed by atoms with van der Waals surface area (Å²) >= 11 is 0. The normalized spacial score (nSPS) is 15.6. The van der Waals surface area contributed by atoms with Crippen molar-refractivity contribution in [1.29, 1.82) is 0 Å². The maximum absolute atomic E-state index is 4.33. The van der Waals surface area contributed by atoms with Crippen molar-refractivity contribution in [3.05, 3.63) is 53.9 Å². The topological polar surface area (TPSA) is 57.5 Å². The van der Waals surface area contributed by atoms with E-state index in [1.165, 1.54) is 11.1 Å². The Morgan fingerprint density at radius 2 is 2.04 bits per heavy atom. The zero-order valence-corrected chi connectivity index (χ0v) is 18.6. The summed E-state index contributed by atoms with van der Waals surface area (Å²) < 4.78 is 1.95. The van der Waals surface area contributed by atoms with Gasteiger partial charge in [-0.25, -0.2) is 0 Å². The third kappa shape index (κ3) is 6.49. The Labute approximate surface area is 179 Å². The molecule has 1 atom stereocenters. The van der Waals surface area contributed by atoms with Crippen molar-refractivity contribution in [1.82, 2.24) is 25.3 Å². The minimum atomic E-state index is 0. The van der Waals surface area contributed by atoms with Gasteiger partial charge in [0.15, 0.2) is 5.96 Å². The highest BCUT2D eigenvalue weighted by atomic mass is 127. The van der Waals surface area contributed by atoms with Gasteiger partial charge in [-0.3, -0.25) is 14.6 Å². The van der Waals surface area contributed by atoms with Gasteiger partial charge in [0.05, 0.1) is 0 Å². The SMILES string of the molecule is CN=C(NCCCn1cccn1)NCC(C)N1CCc2ccccc2C1.I. The van der Waals surface area contributed by atoms with Gasteiger partial charge in [-0.15, -0.1) is 24.0 Å². The number of halogens is 1. The first-order valence-electron chi connectivity index (χ1n) is 9.49. The minimum absolute atomic E-state index is 0. The maximum Gasteiger partial charge on any atom is 0.191 e. The number of hydrogen-bond donors (Lipinski definition) is 2. The third-order valence-electron chi connectivity index (χ3n) is 4.99. The number of rotatable bonds is 7. The van der Waals surface area contributed by atoms with E-state index in [1.54, 1.807) is 0 Å². The lowest BCUT2D eigenvalue weighted by Crippen LogP contribution is -2.47. The highest BCUT2D eigenvalue weighted by Crippen LogP contribution is 2.19. The van der Waals surface area contributed by atoms with Crippen LogP contribution in [0.15, 0.2) is 47.7 Å². The van der Waals surface area contributed by atoms with Crippen LogP contribution in [0.3, 0.4) is 0 Å². The molecule has 2 heterocycles. The molecule has 2 N–H and O–H groups in total. The second kappa shape index (κ2) is 11.3. The molecule has 1 aromatic heterocycles. The van der Waals surface area contributed by atoms with Gasteiger partial charge in [0.1, 0.15) is 0 Å². The van der Waals surface area contributed by atoms with Gasteiger partial charge in [0.25, 0.3) is 0 Å². The molecule has 1 aromatic carbocycles. The Balaban J connectivity index is 0.00000261. The molecule has 148 valence electrons. The number of aliphatic imine (C=N–C) groups is 1. The van der Waals surface area contributed by atoms with E-state index in [4.69, 9.17) is 0 Å². The molecule has 0 aliphatic carbocycles. The standard InChI is InChI=1S/C20H30N6.HI/c1-17(25-14-9-18-7-3-4-8-19(18)16-25)15-23-20(21-2)22-10-5-12-26-13-6-11-24-26;/h3-4,6-8,11,13,17H,5,9-10,12,14-16H2,1-2H3,(H2,21,22,23);1H. The van der Waals surface area contributed by atoms with Crippen molar-refractivity contribution in [2.75, 3.05) is 26.7 Å². The van der Waals surface area contributed by atoms with Crippen LogP contribution in [0.5, 0.6) is 0 Å². The van der Waals surface area contributed by atoms with Crippen molar-refractivity contribution < 1.29 is 0 Å². The molecule has 0 saturated carbocycles. The molecule has 6 nitrogen and oxygen atoms in total. The first-order chi connectivity index (χ1) is 12.8. The van der Waals surface area contributed by atoms with E-state index in [2.05, 4.69) is 56.8 Å². The van der Waals surface area contributed by atoms with Crippen LogP contribution in [0.4, 0.5) is 0 Å². The largest absolute Gasteiger partial charge is 0.356 e. The van der Waals surface area contributed by atoms with Gasteiger partial charge in [-0.1, -0.05) is 24.3 Å². The molecule has 7 heteroatoms. The summed E-state index contributed by atoms with van der Waals surface area (Å²) in [5.74, 6) is 0.870. The zero-order chi connectivity index (χ0) is 18.2. The summed E-state index contributed by atoms with van der Waals surface area (Å²) in [5.41, 5.74) is 2.96. The van der Waals surface area contributed by atoms with Crippen LogP contribution in [0.2, 0.25) is 0 Å². The Bertz CT molecular complexity index is 700. The number of benzene rings is 1. The average Bonchev–Trinajstić information content (AvgIpc) is 3.20. The summed E-state index contributed by atoms with van der Waals surface area (Å²) in [7, 11) is 1.82. The predicted octanol–water partition coefficient (Wildman–Crippen LogP) is 2.50. The quantitative estimate of drug-likeness (QED) is 0.276. The van der Waals surface area contributed by atoms with E-state index in [1.807, 2.05) is 30.2 Å². The molecule has 27 heavy (non-hydrogen) atoms. The number of aryl methyl sites for hydroxylation is 1. The fourth-order valence-electron chi connectivity index (χ4n) is 3.37. The number of guanidine groups is 1. The fraction of sp³-hybridized carbons (Fsp3) is 0.500. The van der Waals surface area contributed by atoms with Crippen molar-refractivity contribution in [2.24, 2.45) is 4.99 Å². The molecule has 1 aliphatic rings. The number of aromatic nitrogens is 2. The van der Waals surface area contributed by atoms with Crippen LogP contribution < -0.4 is 10.6 Å². The first kappa shape index (κ1) is 21.7. The Morgan fingerprint density at radius 1 is 1.22 bits per heavy atom. The van der Waals surface area contributed by atoms with E-state index in [-0.39, 0.29) is 24.0 Å². The fourth-order valence-corrected chi connectivity index (χ4v) is 3.37. The number of hydrogen-bond acceptors (Lipinski definition) is 3. The minimum Gasteiger partial charge on any atom is -0.356 e. The molecule has 1 aliphatic heterocycles. The molecule has 0 radical (unpaired) electrons. The van der Waals surface area contributed by atoms with E-state index in [0.29, 0.717) is 6.04 Å². The van der Waals surface area contributed by atoms with Crippen LogP contribution >= 0.6 is 24.0 Å². The summed E-state index contributed by atoms with van der Waals surface area (Å²) in [6.07, 6.45) is 5.96. The average molecular weight is 482 g/mol. The van der Waals surface area contributed by atoms with Gasteiger partial charge < -0.3 is 10.6 Å². The van der Waals surface area contributed by atoms with Crippen molar-refractivity contribution in [3.8, 4) is 0 Å². The van der Waals surface area contributed by atoms with Crippen molar-refractivity contribution in [2.45, 2.75) is 38.9 Å². The lowest BCUT2D eigenvalue weighted by atomic mass is 9.99. The first-order valence-corrected chi connectivity index (χ1v) is 9.49. The molecule has 0 fully saturated rings. The molecule has 0 amide bonds. The second-order valence-corrected chi connectivity index (χ2v) is 6.84. The highest BCUT2D eigenvalue weighted by molar-refractivity contribution is 14.0. The van der Waals surface area contributed by atoms with Crippen LogP contribution in [0.25, 0.3) is 0 Å². The molecule has 3 rings (SSSR count). The van der Waals surface area contributed by atoms with Crippen molar-refractivity contribution in [3.63, 3.8) is 0 Å². The smallest absolute Gasteiger partial charge is 0.191 e. The summed E-state index contributed by atoms with van der Waals surface area (Å²) in [6, 6.07) is 11.2.